The summed E-state index contributed by atoms with van der Waals surface area (Å²) in [5.74, 6) is -0.215. The molecule has 1 aromatic heterocycles. The van der Waals surface area contributed by atoms with Crippen LogP contribution in [0.1, 0.15) is 22.5 Å². The van der Waals surface area contributed by atoms with E-state index in [-0.39, 0.29) is 23.4 Å². The highest BCUT2D eigenvalue weighted by Crippen LogP contribution is 2.42. The molecule has 1 aromatic rings. The molecule has 7 nitrogen and oxygen atoms in total. The van der Waals surface area contributed by atoms with E-state index >= 15 is 0 Å². The van der Waals surface area contributed by atoms with Crippen LogP contribution in [-0.2, 0) is 9.53 Å². The number of amides is 2. The van der Waals surface area contributed by atoms with Crippen molar-refractivity contribution in [2.24, 2.45) is 11.3 Å². The molecule has 3 heterocycles. The predicted octanol–water partition coefficient (Wildman–Crippen LogP) is 0.178. The lowest BCUT2D eigenvalue weighted by Crippen LogP contribution is -2.49. The Morgan fingerprint density at radius 1 is 1.57 bits per heavy atom. The molecule has 2 atom stereocenters. The number of carbonyl (C=O) groups is 2. The number of likely N-dealkylation sites (tertiary alicyclic amines) is 1. The summed E-state index contributed by atoms with van der Waals surface area (Å²) in [5, 5.41) is 11.6. The average Bonchev–Trinajstić information content (AvgIpc) is 3.01. The largest absolute Gasteiger partial charge is 0.381 e. The average molecular weight is 314 g/mol. The molecule has 0 aromatic carbocycles. The molecule has 0 spiro atoms. The van der Waals surface area contributed by atoms with Crippen LogP contribution in [0.5, 0.6) is 0 Å². The first kappa shape index (κ1) is 15.4. The van der Waals surface area contributed by atoms with Crippen molar-refractivity contribution in [3.63, 3.8) is 0 Å². The second-order valence-corrected chi connectivity index (χ2v) is 5.98. The van der Waals surface area contributed by atoms with Gasteiger partial charge < -0.3 is 15.0 Å². The summed E-state index contributed by atoms with van der Waals surface area (Å²) in [6, 6.07) is 5.00. The topological polar surface area (TPSA) is 95.3 Å². The number of hydrogen-bond acceptors (Lipinski definition) is 5. The molecular formula is C16H18N4O3. The first-order valence-corrected chi connectivity index (χ1v) is 7.56. The molecule has 0 radical (unpaired) electrons. The van der Waals surface area contributed by atoms with Gasteiger partial charge in [0.25, 0.3) is 5.91 Å². The Labute approximate surface area is 134 Å². The molecule has 7 heteroatoms. The quantitative estimate of drug-likeness (QED) is 0.840. The zero-order valence-corrected chi connectivity index (χ0v) is 12.9. The van der Waals surface area contributed by atoms with E-state index in [0.717, 1.165) is 0 Å². The lowest BCUT2D eigenvalue weighted by atomic mass is 9.73. The fraction of sp³-hybridized carbons (Fsp3) is 0.500. The molecule has 1 N–H and O–H groups in total. The lowest BCUT2D eigenvalue weighted by molar-refractivity contribution is -0.138. The Morgan fingerprint density at radius 2 is 2.39 bits per heavy atom. The molecule has 0 bridgehead atoms. The maximum atomic E-state index is 12.7. The van der Waals surface area contributed by atoms with Crippen molar-refractivity contribution in [2.45, 2.75) is 6.42 Å². The molecule has 2 amide bonds. The van der Waals surface area contributed by atoms with Gasteiger partial charge in [0.1, 0.15) is 11.8 Å². The maximum Gasteiger partial charge on any atom is 0.254 e. The molecule has 2 fully saturated rings. The van der Waals surface area contributed by atoms with Gasteiger partial charge in [-0.3, -0.25) is 9.59 Å². The number of carbonyl (C=O) groups excluding carboxylic acids is 2. The number of pyridine rings is 1. The number of hydrogen-bond donors (Lipinski definition) is 1. The summed E-state index contributed by atoms with van der Waals surface area (Å²) in [6.07, 6.45) is 2.06. The summed E-state index contributed by atoms with van der Waals surface area (Å²) < 4.78 is 5.50. The second-order valence-electron chi connectivity index (χ2n) is 5.98. The number of rotatable bonds is 2. The molecule has 2 aliphatic heterocycles. The van der Waals surface area contributed by atoms with Crippen molar-refractivity contribution in [1.82, 2.24) is 15.2 Å². The van der Waals surface area contributed by atoms with Crippen molar-refractivity contribution in [2.75, 3.05) is 33.4 Å². The van der Waals surface area contributed by atoms with Gasteiger partial charge in [0, 0.05) is 44.4 Å². The molecule has 23 heavy (non-hydrogen) atoms. The van der Waals surface area contributed by atoms with E-state index in [1.54, 1.807) is 18.0 Å². The van der Waals surface area contributed by atoms with E-state index in [4.69, 9.17) is 10.00 Å². The van der Waals surface area contributed by atoms with Gasteiger partial charge in [-0.1, -0.05) is 0 Å². The van der Waals surface area contributed by atoms with Gasteiger partial charge in [0.05, 0.1) is 12.0 Å². The van der Waals surface area contributed by atoms with Crippen LogP contribution in [0.4, 0.5) is 0 Å². The Morgan fingerprint density at radius 3 is 3.13 bits per heavy atom. The van der Waals surface area contributed by atoms with Gasteiger partial charge >= 0.3 is 0 Å². The van der Waals surface area contributed by atoms with Crippen LogP contribution < -0.4 is 5.32 Å². The first-order chi connectivity index (χ1) is 11.1. The molecule has 3 rings (SSSR count). The molecule has 120 valence electrons. The molecule has 0 unspecified atom stereocenters. The number of aromatic nitrogens is 1. The van der Waals surface area contributed by atoms with Crippen LogP contribution in [0, 0.1) is 22.7 Å². The third kappa shape index (κ3) is 2.55. The molecule has 0 saturated carbocycles. The zero-order chi connectivity index (χ0) is 16.4. The minimum atomic E-state index is -0.576. The Hall–Kier alpha value is -2.46. The summed E-state index contributed by atoms with van der Waals surface area (Å²) in [5.41, 5.74) is 0.0493. The minimum Gasteiger partial charge on any atom is -0.381 e. The van der Waals surface area contributed by atoms with Gasteiger partial charge in [0.2, 0.25) is 5.91 Å². The molecular weight excluding hydrogens is 296 g/mol. The zero-order valence-electron chi connectivity index (χ0n) is 12.9. The molecule has 2 aliphatic rings. The number of nitrogens with one attached hydrogen (secondary N) is 1. The van der Waals surface area contributed by atoms with E-state index in [1.165, 1.54) is 12.3 Å². The molecule has 2 saturated heterocycles. The highest BCUT2D eigenvalue weighted by molar-refractivity contribution is 5.95. The van der Waals surface area contributed by atoms with Gasteiger partial charge in [-0.15, -0.1) is 0 Å². The maximum absolute atomic E-state index is 12.7. The van der Waals surface area contributed by atoms with Gasteiger partial charge in [-0.05, 0) is 18.6 Å². The predicted molar refractivity (Wildman–Crippen MR) is 80.3 cm³/mol. The first-order valence-electron chi connectivity index (χ1n) is 7.56. The summed E-state index contributed by atoms with van der Waals surface area (Å²) in [4.78, 5) is 30.7. The van der Waals surface area contributed by atoms with Crippen LogP contribution in [0.3, 0.4) is 0 Å². The smallest absolute Gasteiger partial charge is 0.254 e. The standard InChI is InChI=1S/C16H18N4O3/c1-18-15(22)16-3-5-23-9-12(16)8-20(10-16)14(21)11-2-4-19-13(6-11)7-17/h2,4,6,12H,3,5,8-10H2,1H3,(H,18,22)/t12-,16+/m1/s1. The number of fused-ring (bicyclic) bond motifs is 1. The van der Waals surface area contributed by atoms with E-state index in [0.29, 0.717) is 38.3 Å². The highest BCUT2D eigenvalue weighted by Gasteiger charge is 2.54. The Balaban J connectivity index is 1.86. The van der Waals surface area contributed by atoms with Crippen LogP contribution in [0.25, 0.3) is 0 Å². The van der Waals surface area contributed by atoms with Crippen molar-refractivity contribution >= 4 is 11.8 Å². The highest BCUT2D eigenvalue weighted by atomic mass is 16.5. The van der Waals surface area contributed by atoms with Gasteiger partial charge in [-0.2, -0.15) is 5.26 Å². The van der Waals surface area contributed by atoms with Crippen LogP contribution >= 0.6 is 0 Å². The van der Waals surface area contributed by atoms with Crippen molar-refractivity contribution < 1.29 is 14.3 Å². The Bertz CT molecular complexity index is 684. The van der Waals surface area contributed by atoms with Gasteiger partial charge in [0.15, 0.2) is 0 Å². The third-order valence-electron chi connectivity index (χ3n) is 4.79. The van der Waals surface area contributed by atoms with E-state index in [9.17, 15) is 9.59 Å². The van der Waals surface area contributed by atoms with E-state index in [1.807, 2.05) is 6.07 Å². The summed E-state index contributed by atoms with van der Waals surface area (Å²) >= 11 is 0. The molecule has 0 aliphatic carbocycles. The normalized spacial score (nSPS) is 26.3. The SMILES string of the molecule is CNC(=O)[C@]12CCOC[C@H]1CN(C(=O)c1ccnc(C#N)c1)C2. The van der Waals surface area contributed by atoms with E-state index in [2.05, 4.69) is 10.3 Å². The fourth-order valence-corrected chi connectivity index (χ4v) is 3.53. The number of nitriles is 1. The van der Waals surface area contributed by atoms with Crippen molar-refractivity contribution in [3.05, 3.63) is 29.6 Å². The van der Waals surface area contributed by atoms with Crippen molar-refractivity contribution in [1.29, 1.82) is 5.26 Å². The van der Waals surface area contributed by atoms with Crippen molar-refractivity contribution in [3.8, 4) is 6.07 Å². The van der Waals surface area contributed by atoms with Gasteiger partial charge in [-0.25, -0.2) is 4.98 Å². The Kier molecular flexibility index (Phi) is 4.01. The van der Waals surface area contributed by atoms with Crippen LogP contribution in [0.15, 0.2) is 18.3 Å². The second kappa shape index (κ2) is 5.97. The van der Waals surface area contributed by atoms with Crippen LogP contribution in [0.2, 0.25) is 0 Å². The minimum absolute atomic E-state index is 0.00238. The summed E-state index contributed by atoms with van der Waals surface area (Å²) in [6.45, 7) is 1.87. The summed E-state index contributed by atoms with van der Waals surface area (Å²) in [7, 11) is 1.62. The third-order valence-corrected chi connectivity index (χ3v) is 4.79. The van der Waals surface area contributed by atoms with Crippen LogP contribution in [-0.4, -0.2) is 55.0 Å². The lowest BCUT2D eigenvalue weighted by Gasteiger charge is -2.36. The van der Waals surface area contributed by atoms with E-state index < -0.39 is 5.41 Å². The fourth-order valence-electron chi connectivity index (χ4n) is 3.53. The monoisotopic (exact) mass is 314 g/mol. The number of ether oxygens (including phenoxy) is 1. The number of nitrogens with zero attached hydrogens (tertiary/aromatic N) is 3.